The van der Waals surface area contributed by atoms with E-state index in [-0.39, 0.29) is 0 Å². The van der Waals surface area contributed by atoms with Crippen LogP contribution in [-0.4, -0.2) is 26.3 Å². The molecule has 0 spiro atoms. The van der Waals surface area contributed by atoms with Crippen LogP contribution in [0.4, 0.5) is 5.82 Å². The lowest BCUT2D eigenvalue weighted by Crippen LogP contribution is -2.35. The predicted octanol–water partition coefficient (Wildman–Crippen LogP) is 1.80. The van der Waals surface area contributed by atoms with Gasteiger partial charge in [0.15, 0.2) is 0 Å². The molecule has 2 aliphatic rings. The molecule has 0 unspecified atom stereocenters. The van der Waals surface area contributed by atoms with Gasteiger partial charge in [-0.15, -0.1) is 0 Å². The molecular weight excluding hydrogens is 250 g/mol. The molecule has 3 heterocycles. The van der Waals surface area contributed by atoms with Crippen molar-refractivity contribution < 1.29 is 0 Å². The molecule has 1 aliphatic heterocycles. The molecule has 0 atom stereocenters. The lowest BCUT2D eigenvalue weighted by molar-refractivity contribution is 0.507. The van der Waals surface area contributed by atoms with Gasteiger partial charge in [0.05, 0.1) is 24.5 Å². The molecule has 2 aromatic rings. The minimum Gasteiger partial charge on any atom is -0.349 e. The highest BCUT2D eigenvalue weighted by Gasteiger charge is 2.27. The molecule has 0 radical (unpaired) electrons. The van der Waals surface area contributed by atoms with E-state index < -0.39 is 0 Å². The fourth-order valence-corrected chi connectivity index (χ4v) is 3.40. The highest BCUT2D eigenvalue weighted by Crippen LogP contribution is 2.29. The highest BCUT2D eigenvalue weighted by atomic mass is 15.4. The van der Waals surface area contributed by atoms with Crippen molar-refractivity contribution in [1.29, 1.82) is 0 Å². The van der Waals surface area contributed by atoms with Gasteiger partial charge in [0, 0.05) is 18.3 Å². The van der Waals surface area contributed by atoms with E-state index in [0.717, 1.165) is 43.4 Å². The van der Waals surface area contributed by atoms with Crippen LogP contribution in [-0.2, 0) is 25.9 Å². The summed E-state index contributed by atoms with van der Waals surface area (Å²) < 4.78 is 2.21. The van der Waals surface area contributed by atoms with E-state index in [9.17, 15) is 0 Å². The van der Waals surface area contributed by atoms with Gasteiger partial charge < -0.3 is 4.90 Å². The summed E-state index contributed by atoms with van der Waals surface area (Å²) in [6.45, 7) is 6.86. The van der Waals surface area contributed by atoms with Crippen LogP contribution in [0.25, 0.3) is 0 Å². The van der Waals surface area contributed by atoms with E-state index in [1.807, 2.05) is 13.8 Å². The first-order valence-electron chi connectivity index (χ1n) is 7.35. The minimum atomic E-state index is 0.851. The summed E-state index contributed by atoms with van der Waals surface area (Å²) in [7, 11) is 0. The molecule has 2 aromatic heterocycles. The number of aryl methyl sites for hydroxylation is 3. The molecule has 0 aromatic carbocycles. The van der Waals surface area contributed by atoms with Crippen LogP contribution < -0.4 is 4.90 Å². The van der Waals surface area contributed by atoms with Gasteiger partial charge in [-0.25, -0.2) is 9.97 Å². The Morgan fingerprint density at radius 1 is 1.10 bits per heavy atom. The van der Waals surface area contributed by atoms with Crippen molar-refractivity contribution in [2.75, 3.05) is 11.4 Å². The number of anilines is 1. The Hall–Kier alpha value is -1.91. The fraction of sp³-hybridized carbons (Fsp3) is 0.533. The van der Waals surface area contributed by atoms with Crippen molar-refractivity contribution in [3.63, 3.8) is 0 Å². The zero-order valence-corrected chi connectivity index (χ0v) is 12.1. The predicted molar refractivity (Wildman–Crippen MR) is 76.8 cm³/mol. The van der Waals surface area contributed by atoms with Crippen LogP contribution in [0.15, 0.2) is 6.07 Å². The van der Waals surface area contributed by atoms with Crippen LogP contribution in [0.3, 0.4) is 0 Å². The molecule has 0 saturated heterocycles. The summed E-state index contributed by atoms with van der Waals surface area (Å²) in [6.07, 6.45) is 3.61. The smallest absolute Gasteiger partial charge is 0.132 e. The van der Waals surface area contributed by atoms with E-state index in [1.54, 1.807) is 0 Å². The second-order valence-electron chi connectivity index (χ2n) is 5.78. The molecule has 1 aliphatic carbocycles. The molecule has 0 saturated carbocycles. The van der Waals surface area contributed by atoms with E-state index in [2.05, 4.69) is 25.6 Å². The Bertz CT molecular complexity index is 653. The van der Waals surface area contributed by atoms with Crippen LogP contribution in [0, 0.1) is 13.8 Å². The third kappa shape index (κ3) is 1.80. The van der Waals surface area contributed by atoms with Gasteiger partial charge in [-0.2, -0.15) is 5.10 Å². The average Bonchev–Trinajstić information content (AvgIpc) is 2.97. The molecule has 0 amide bonds. The van der Waals surface area contributed by atoms with Crippen LogP contribution in [0.5, 0.6) is 0 Å². The molecule has 5 nitrogen and oxygen atoms in total. The Kier molecular flexibility index (Phi) is 2.55. The molecule has 0 bridgehead atoms. The third-order valence-corrected chi connectivity index (χ3v) is 4.29. The van der Waals surface area contributed by atoms with E-state index >= 15 is 0 Å². The lowest BCUT2D eigenvalue weighted by Gasteiger charge is -2.29. The summed E-state index contributed by atoms with van der Waals surface area (Å²) in [4.78, 5) is 11.3. The van der Waals surface area contributed by atoms with Gasteiger partial charge in [-0.3, -0.25) is 4.68 Å². The van der Waals surface area contributed by atoms with Crippen LogP contribution in [0.2, 0.25) is 0 Å². The number of aromatic nitrogens is 4. The molecule has 104 valence electrons. The Labute approximate surface area is 118 Å². The Balaban J connectivity index is 1.69. The van der Waals surface area contributed by atoms with E-state index in [4.69, 9.17) is 5.10 Å². The molecule has 0 fully saturated rings. The van der Waals surface area contributed by atoms with Crippen molar-refractivity contribution in [2.24, 2.45) is 0 Å². The topological polar surface area (TPSA) is 46.8 Å². The summed E-state index contributed by atoms with van der Waals surface area (Å²) in [5, 5.41) is 4.75. The zero-order valence-electron chi connectivity index (χ0n) is 12.1. The first-order chi connectivity index (χ1) is 9.70. The first kappa shape index (κ1) is 11.9. The average molecular weight is 269 g/mol. The Morgan fingerprint density at radius 2 is 2.00 bits per heavy atom. The van der Waals surface area contributed by atoms with Gasteiger partial charge in [0.2, 0.25) is 0 Å². The number of hydrogen-bond acceptors (Lipinski definition) is 4. The highest BCUT2D eigenvalue weighted by molar-refractivity contribution is 5.43. The number of rotatable bonds is 1. The second-order valence-corrected chi connectivity index (χ2v) is 5.78. The Morgan fingerprint density at radius 3 is 2.85 bits per heavy atom. The number of fused-ring (bicyclic) bond motifs is 3. The zero-order chi connectivity index (χ0) is 13.7. The van der Waals surface area contributed by atoms with Crippen molar-refractivity contribution >= 4 is 5.82 Å². The van der Waals surface area contributed by atoms with Gasteiger partial charge in [-0.1, -0.05) is 0 Å². The molecule has 4 rings (SSSR count). The van der Waals surface area contributed by atoms with Crippen molar-refractivity contribution in [3.8, 4) is 0 Å². The lowest BCUT2D eigenvalue weighted by atomic mass is 10.1. The summed E-state index contributed by atoms with van der Waals surface area (Å²) in [6, 6.07) is 2.08. The third-order valence-electron chi connectivity index (χ3n) is 4.29. The normalized spacial score (nSPS) is 17.2. The second kappa shape index (κ2) is 4.30. The van der Waals surface area contributed by atoms with Crippen molar-refractivity contribution in [3.05, 3.63) is 34.5 Å². The maximum atomic E-state index is 4.75. The standard InChI is InChI=1S/C15H19N5/c1-10-8-15(17-11(2)16-10)19-6-7-20-14(9-19)12-4-3-5-13(12)18-20/h8H,3-7,9H2,1-2H3. The first-order valence-corrected chi connectivity index (χ1v) is 7.35. The molecular formula is C15H19N5. The van der Waals surface area contributed by atoms with Gasteiger partial charge >= 0.3 is 0 Å². The van der Waals surface area contributed by atoms with Gasteiger partial charge in [-0.05, 0) is 38.7 Å². The largest absolute Gasteiger partial charge is 0.349 e. The van der Waals surface area contributed by atoms with Crippen LogP contribution >= 0.6 is 0 Å². The van der Waals surface area contributed by atoms with Gasteiger partial charge in [0.25, 0.3) is 0 Å². The van der Waals surface area contributed by atoms with E-state index in [0.29, 0.717) is 0 Å². The summed E-state index contributed by atoms with van der Waals surface area (Å²) in [5.74, 6) is 1.90. The fourth-order valence-electron chi connectivity index (χ4n) is 3.40. The maximum absolute atomic E-state index is 4.75. The molecule has 5 heteroatoms. The summed E-state index contributed by atoms with van der Waals surface area (Å²) >= 11 is 0. The van der Waals surface area contributed by atoms with Crippen LogP contribution in [0.1, 0.15) is 34.9 Å². The molecule has 20 heavy (non-hydrogen) atoms. The van der Waals surface area contributed by atoms with Crippen molar-refractivity contribution in [1.82, 2.24) is 19.7 Å². The monoisotopic (exact) mass is 269 g/mol. The summed E-state index contributed by atoms with van der Waals surface area (Å²) in [5.41, 5.74) is 5.27. The van der Waals surface area contributed by atoms with Crippen molar-refractivity contribution in [2.45, 2.75) is 46.2 Å². The van der Waals surface area contributed by atoms with E-state index in [1.165, 1.54) is 29.8 Å². The number of nitrogens with zero attached hydrogens (tertiary/aromatic N) is 5. The number of hydrogen-bond donors (Lipinski definition) is 0. The molecule has 0 N–H and O–H groups in total. The maximum Gasteiger partial charge on any atom is 0.132 e. The van der Waals surface area contributed by atoms with Gasteiger partial charge in [0.1, 0.15) is 11.6 Å². The minimum absolute atomic E-state index is 0.851. The SMILES string of the molecule is Cc1cc(N2CCn3nc4c(c3C2)CCC4)nc(C)n1. The quantitative estimate of drug-likeness (QED) is 0.792.